The second-order valence-electron chi connectivity index (χ2n) is 8.85. The van der Waals surface area contributed by atoms with Crippen molar-refractivity contribution in [2.24, 2.45) is 5.92 Å². The number of hydrogen-bond acceptors (Lipinski definition) is 8. The van der Waals surface area contributed by atoms with Gasteiger partial charge in [-0.15, -0.1) is 0 Å². The summed E-state index contributed by atoms with van der Waals surface area (Å²) in [6.45, 7) is -0.639. The van der Waals surface area contributed by atoms with Crippen molar-refractivity contribution >= 4 is 48.7 Å². The number of pyridine rings is 1. The molecule has 1 unspecified atom stereocenters. The van der Waals surface area contributed by atoms with Crippen LogP contribution in [0, 0.1) is 5.92 Å². The fourth-order valence-corrected chi connectivity index (χ4v) is 6.41. The zero-order chi connectivity index (χ0) is 25.9. The van der Waals surface area contributed by atoms with Crippen LogP contribution in [0.3, 0.4) is 0 Å². The molecule has 1 aliphatic rings. The number of rotatable bonds is 10. The Morgan fingerprint density at radius 1 is 1.17 bits per heavy atom. The molecule has 1 aliphatic carbocycles. The summed E-state index contributed by atoms with van der Waals surface area (Å²) < 4.78 is 31.3. The molecule has 36 heavy (non-hydrogen) atoms. The monoisotopic (exact) mass is 532 g/mol. The third kappa shape index (κ3) is 5.82. The minimum atomic E-state index is -3.96. The van der Waals surface area contributed by atoms with Crippen LogP contribution < -0.4 is 10.1 Å². The van der Waals surface area contributed by atoms with Gasteiger partial charge in [0.15, 0.2) is 5.13 Å². The Balaban J connectivity index is 1.57. The van der Waals surface area contributed by atoms with Crippen molar-refractivity contribution in [2.75, 3.05) is 26.0 Å². The number of nitrogens with zero attached hydrogens (tertiary/aromatic N) is 3. The van der Waals surface area contributed by atoms with E-state index in [0.717, 1.165) is 30.0 Å². The predicted octanol–water partition coefficient (Wildman–Crippen LogP) is 3.71. The number of ether oxygens (including phenoxy) is 1. The fourth-order valence-electron chi connectivity index (χ4n) is 4.46. The lowest BCUT2D eigenvalue weighted by Gasteiger charge is -2.21. The summed E-state index contributed by atoms with van der Waals surface area (Å²) in [4.78, 5) is 33.8. The average Bonchev–Trinajstić information content (AvgIpc) is 3.50. The Hall–Kier alpha value is -3.09. The van der Waals surface area contributed by atoms with Gasteiger partial charge in [0.2, 0.25) is 21.8 Å². The van der Waals surface area contributed by atoms with E-state index in [1.54, 1.807) is 24.3 Å². The number of anilines is 1. The number of carboxylic acids is 1. The molecule has 1 atom stereocenters. The first kappa shape index (κ1) is 26.0. The van der Waals surface area contributed by atoms with Crippen molar-refractivity contribution in [1.82, 2.24) is 14.3 Å². The standard InChI is InChI=1S/C24H28N4O6S2/c1-28(14-21(29)30)36(32,33)17-9-7-16(8-10-17)18(13-15-5-3-4-6-15)22(31)27-24-25-19-11-12-20(34-2)26-23(19)35-24/h7-12,15,18H,3-6,13-14H2,1-2H3,(H,29,30)(H,25,27,31). The number of aliphatic carboxylic acids is 1. The fraction of sp³-hybridized carbons (Fsp3) is 0.417. The highest BCUT2D eigenvalue weighted by Gasteiger charge is 2.29. The van der Waals surface area contributed by atoms with Gasteiger partial charge >= 0.3 is 5.97 Å². The maximum absolute atomic E-state index is 13.4. The average molecular weight is 533 g/mol. The molecule has 0 radical (unpaired) electrons. The number of carboxylic acid groups (broad SMARTS) is 1. The largest absolute Gasteiger partial charge is 0.481 e. The summed E-state index contributed by atoms with van der Waals surface area (Å²) in [5, 5.41) is 12.3. The second-order valence-corrected chi connectivity index (χ2v) is 11.9. The van der Waals surface area contributed by atoms with E-state index in [2.05, 4.69) is 15.3 Å². The van der Waals surface area contributed by atoms with Gasteiger partial charge in [-0.25, -0.2) is 18.4 Å². The SMILES string of the molecule is COc1ccc2nc(NC(=O)C(CC3CCCC3)c3ccc(S(=O)(=O)N(C)CC(=O)O)cc3)sc2n1. The molecule has 0 aliphatic heterocycles. The zero-order valence-electron chi connectivity index (χ0n) is 20.0. The first-order valence-corrected chi connectivity index (χ1v) is 13.8. The van der Waals surface area contributed by atoms with Crippen molar-refractivity contribution in [3.8, 4) is 5.88 Å². The van der Waals surface area contributed by atoms with Crippen LogP contribution in [0.1, 0.15) is 43.6 Å². The molecule has 1 saturated carbocycles. The molecule has 12 heteroatoms. The lowest BCUT2D eigenvalue weighted by atomic mass is 9.87. The van der Waals surface area contributed by atoms with Crippen molar-refractivity contribution < 1.29 is 27.9 Å². The van der Waals surface area contributed by atoms with Gasteiger partial charge < -0.3 is 15.2 Å². The molecular formula is C24H28N4O6S2. The number of fused-ring (bicyclic) bond motifs is 1. The van der Waals surface area contributed by atoms with Crippen LogP contribution in [0.25, 0.3) is 10.3 Å². The van der Waals surface area contributed by atoms with Crippen molar-refractivity contribution in [1.29, 1.82) is 0 Å². The van der Waals surface area contributed by atoms with E-state index in [-0.39, 0.29) is 10.8 Å². The van der Waals surface area contributed by atoms with Crippen LogP contribution in [0.2, 0.25) is 0 Å². The number of thiazole rings is 1. The van der Waals surface area contributed by atoms with Gasteiger partial charge in [0.1, 0.15) is 16.9 Å². The summed E-state index contributed by atoms with van der Waals surface area (Å²) in [7, 11) is -1.21. The summed E-state index contributed by atoms with van der Waals surface area (Å²) in [6, 6.07) is 9.60. The smallest absolute Gasteiger partial charge is 0.318 e. The maximum Gasteiger partial charge on any atom is 0.318 e. The molecule has 1 aromatic carbocycles. The van der Waals surface area contributed by atoms with E-state index in [4.69, 9.17) is 9.84 Å². The second kappa shape index (κ2) is 10.9. The third-order valence-electron chi connectivity index (χ3n) is 6.38. The molecule has 0 spiro atoms. The molecule has 0 saturated heterocycles. The Kier molecular flexibility index (Phi) is 7.86. The highest BCUT2D eigenvalue weighted by Crippen LogP contribution is 2.36. The maximum atomic E-state index is 13.4. The first-order valence-electron chi connectivity index (χ1n) is 11.6. The van der Waals surface area contributed by atoms with Crippen molar-refractivity contribution in [3.05, 3.63) is 42.0 Å². The quantitative estimate of drug-likeness (QED) is 0.403. The van der Waals surface area contributed by atoms with E-state index >= 15 is 0 Å². The van der Waals surface area contributed by atoms with Gasteiger partial charge in [-0.1, -0.05) is 49.2 Å². The number of hydrogen-bond donors (Lipinski definition) is 2. The number of amides is 1. The van der Waals surface area contributed by atoms with Gasteiger partial charge in [-0.3, -0.25) is 9.59 Å². The normalized spacial score (nSPS) is 15.3. The van der Waals surface area contributed by atoms with Gasteiger partial charge in [0.05, 0.1) is 17.9 Å². The Bertz CT molecular complexity index is 1350. The number of likely N-dealkylation sites (N-methyl/N-ethyl adjacent to an activating group) is 1. The van der Waals surface area contributed by atoms with Crippen molar-refractivity contribution in [3.63, 3.8) is 0 Å². The van der Waals surface area contributed by atoms with Crippen LogP contribution in [0.4, 0.5) is 5.13 Å². The zero-order valence-corrected chi connectivity index (χ0v) is 21.6. The number of aromatic nitrogens is 2. The third-order valence-corrected chi connectivity index (χ3v) is 9.08. The van der Waals surface area contributed by atoms with Crippen molar-refractivity contribution in [2.45, 2.75) is 42.9 Å². The summed E-state index contributed by atoms with van der Waals surface area (Å²) in [6.07, 6.45) is 5.03. The molecule has 2 N–H and O–H groups in total. The molecule has 2 aromatic heterocycles. The van der Waals surface area contributed by atoms with E-state index in [9.17, 15) is 18.0 Å². The van der Waals surface area contributed by atoms with Crippen LogP contribution in [0.5, 0.6) is 5.88 Å². The van der Waals surface area contributed by atoms with E-state index in [1.165, 1.54) is 37.6 Å². The number of sulfonamides is 1. The topological polar surface area (TPSA) is 139 Å². The van der Waals surface area contributed by atoms with Gasteiger partial charge in [0, 0.05) is 13.1 Å². The molecular weight excluding hydrogens is 504 g/mol. The molecule has 2 heterocycles. The van der Waals surface area contributed by atoms with E-state index in [1.807, 2.05) is 0 Å². The first-order chi connectivity index (χ1) is 17.2. The number of methoxy groups -OCH3 is 1. The predicted molar refractivity (Wildman–Crippen MR) is 136 cm³/mol. The molecule has 1 fully saturated rings. The van der Waals surface area contributed by atoms with Gasteiger partial charge in [-0.05, 0) is 36.1 Å². The van der Waals surface area contributed by atoms with E-state index in [0.29, 0.717) is 39.3 Å². The van der Waals surface area contributed by atoms with Gasteiger partial charge in [-0.2, -0.15) is 4.31 Å². The van der Waals surface area contributed by atoms with Crippen LogP contribution in [-0.2, 0) is 19.6 Å². The molecule has 192 valence electrons. The molecule has 10 nitrogen and oxygen atoms in total. The lowest BCUT2D eigenvalue weighted by Crippen LogP contribution is -2.32. The Labute approximate surface area is 213 Å². The van der Waals surface area contributed by atoms with Gasteiger partial charge in [0.25, 0.3) is 0 Å². The molecule has 1 amide bonds. The number of carbonyl (C=O) groups excluding carboxylic acids is 1. The Morgan fingerprint density at radius 2 is 1.86 bits per heavy atom. The molecule has 3 aromatic rings. The summed E-state index contributed by atoms with van der Waals surface area (Å²) >= 11 is 1.26. The highest BCUT2D eigenvalue weighted by molar-refractivity contribution is 7.89. The number of benzene rings is 1. The summed E-state index contributed by atoms with van der Waals surface area (Å²) in [5.74, 6) is -1.07. The van der Waals surface area contributed by atoms with Crippen LogP contribution >= 0.6 is 11.3 Å². The van der Waals surface area contributed by atoms with Crippen LogP contribution in [-0.4, -0.2) is 60.4 Å². The summed E-state index contributed by atoms with van der Waals surface area (Å²) in [5.41, 5.74) is 1.35. The highest BCUT2D eigenvalue weighted by atomic mass is 32.2. The lowest BCUT2D eigenvalue weighted by molar-refractivity contribution is -0.137. The minimum Gasteiger partial charge on any atom is -0.481 e. The molecule has 0 bridgehead atoms. The Morgan fingerprint density at radius 3 is 2.50 bits per heavy atom. The number of nitrogens with one attached hydrogen (secondary N) is 1. The molecule has 4 rings (SSSR count). The minimum absolute atomic E-state index is 0.0266. The van der Waals surface area contributed by atoms with Crippen LogP contribution in [0.15, 0.2) is 41.3 Å². The number of carbonyl (C=O) groups is 2. The van der Waals surface area contributed by atoms with E-state index < -0.39 is 28.5 Å².